The zero-order valence-electron chi connectivity index (χ0n) is 9.65. The van der Waals surface area contributed by atoms with E-state index in [1.807, 2.05) is 24.3 Å². The Balaban J connectivity index is 2.14. The molecule has 1 heterocycles. The topological polar surface area (TPSA) is 51.8 Å². The number of aromatic nitrogens is 2. The van der Waals surface area contributed by atoms with Crippen LogP contribution in [0.3, 0.4) is 0 Å². The standard InChI is InChI=1S/C12H11ClFN3S/c1-7-11(14)12(15)17-10(16-7)6-18-9-5-3-2-4-8(9)13/h2-5H,6H2,1H3,(H2,15,16,17). The Kier molecular flexibility index (Phi) is 4.04. The Bertz CT molecular complexity index is 554. The van der Waals surface area contributed by atoms with Gasteiger partial charge in [-0.05, 0) is 19.1 Å². The van der Waals surface area contributed by atoms with Crippen LogP contribution in [0.25, 0.3) is 0 Å². The highest BCUT2D eigenvalue weighted by atomic mass is 35.5. The summed E-state index contributed by atoms with van der Waals surface area (Å²) < 4.78 is 13.3. The molecule has 1 aromatic heterocycles. The summed E-state index contributed by atoms with van der Waals surface area (Å²) in [6.07, 6.45) is 0. The highest BCUT2D eigenvalue weighted by molar-refractivity contribution is 7.98. The van der Waals surface area contributed by atoms with Crippen molar-refractivity contribution in [2.75, 3.05) is 5.73 Å². The number of nitrogens with zero attached hydrogens (tertiary/aromatic N) is 2. The minimum absolute atomic E-state index is 0.114. The molecule has 0 unspecified atom stereocenters. The molecule has 18 heavy (non-hydrogen) atoms. The van der Waals surface area contributed by atoms with E-state index in [0.717, 1.165) is 4.90 Å². The van der Waals surface area contributed by atoms with Crippen molar-refractivity contribution in [1.82, 2.24) is 9.97 Å². The summed E-state index contributed by atoms with van der Waals surface area (Å²) in [5.41, 5.74) is 5.72. The molecular weight excluding hydrogens is 273 g/mol. The van der Waals surface area contributed by atoms with E-state index in [-0.39, 0.29) is 11.5 Å². The fourth-order valence-corrected chi connectivity index (χ4v) is 2.50. The Hall–Kier alpha value is -1.33. The molecule has 0 spiro atoms. The predicted octanol–water partition coefficient (Wildman–Crippen LogP) is 3.45. The number of hydrogen-bond acceptors (Lipinski definition) is 4. The fraction of sp³-hybridized carbons (Fsp3) is 0.167. The molecule has 0 fully saturated rings. The van der Waals surface area contributed by atoms with Gasteiger partial charge in [-0.15, -0.1) is 11.8 Å². The van der Waals surface area contributed by atoms with Crippen molar-refractivity contribution < 1.29 is 4.39 Å². The van der Waals surface area contributed by atoms with Gasteiger partial charge in [0.05, 0.1) is 16.5 Å². The average molecular weight is 284 g/mol. The molecule has 0 aliphatic carbocycles. The first-order valence-corrected chi connectivity index (χ1v) is 6.60. The van der Waals surface area contributed by atoms with Crippen LogP contribution < -0.4 is 5.73 Å². The number of hydrogen-bond donors (Lipinski definition) is 1. The molecule has 0 aliphatic rings. The lowest BCUT2D eigenvalue weighted by atomic mass is 10.4. The Morgan fingerprint density at radius 3 is 2.72 bits per heavy atom. The van der Waals surface area contributed by atoms with Gasteiger partial charge in [0, 0.05) is 4.90 Å². The van der Waals surface area contributed by atoms with E-state index < -0.39 is 5.82 Å². The van der Waals surface area contributed by atoms with Crippen molar-refractivity contribution in [1.29, 1.82) is 0 Å². The van der Waals surface area contributed by atoms with Gasteiger partial charge in [-0.1, -0.05) is 23.7 Å². The summed E-state index contributed by atoms with van der Waals surface area (Å²) >= 11 is 7.52. The van der Waals surface area contributed by atoms with Crippen molar-refractivity contribution in [3.8, 4) is 0 Å². The maximum Gasteiger partial charge on any atom is 0.186 e. The molecule has 2 rings (SSSR count). The van der Waals surface area contributed by atoms with Gasteiger partial charge in [0.25, 0.3) is 0 Å². The van der Waals surface area contributed by atoms with E-state index in [1.165, 1.54) is 11.8 Å². The lowest BCUT2D eigenvalue weighted by Gasteiger charge is -2.05. The van der Waals surface area contributed by atoms with Crippen LogP contribution in [0, 0.1) is 12.7 Å². The molecular formula is C12H11ClFN3S. The van der Waals surface area contributed by atoms with Crippen LogP contribution in [-0.4, -0.2) is 9.97 Å². The van der Waals surface area contributed by atoms with Crippen LogP contribution in [-0.2, 0) is 5.75 Å². The van der Waals surface area contributed by atoms with Crippen molar-refractivity contribution >= 4 is 29.2 Å². The molecule has 2 aromatic rings. The highest BCUT2D eigenvalue weighted by Gasteiger charge is 2.09. The average Bonchev–Trinajstić information content (AvgIpc) is 2.35. The molecule has 2 N–H and O–H groups in total. The van der Waals surface area contributed by atoms with Gasteiger partial charge in [0.15, 0.2) is 11.6 Å². The Labute approximate surface area is 114 Å². The van der Waals surface area contributed by atoms with Crippen LogP contribution in [0.1, 0.15) is 11.5 Å². The molecule has 0 atom stereocenters. The van der Waals surface area contributed by atoms with Gasteiger partial charge >= 0.3 is 0 Å². The monoisotopic (exact) mass is 283 g/mol. The minimum Gasteiger partial charge on any atom is -0.381 e. The van der Waals surface area contributed by atoms with E-state index in [2.05, 4.69) is 9.97 Å². The molecule has 3 nitrogen and oxygen atoms in total. The SMILES string of the molecule is Cc1nc(CSc2ccccc2Cl)nc(N)c1F. The first-order chi connectivity index (χ1) is 8.58. The first-order valence-electron chi connectivity index (χ1n) is 5.23. The number of rotatable bonds is 3. The molecule has 94 valence electrons. The normalized spacial score (nSPS) is 10.6. The third kappa shape index (κ3) is 2.91. The van der Waals surface area contributed by atoms with Crippen LogP contribution in [0.15, 0.2) is 29.2 Å². The zero-order valence-corrected chi connectivity index (χ0v) is 11.2. The minimum atomic E-state index is -0.554. The third-order valence-electron chi connectivity index (χ3n) is 2.28. The van der Waals surface area contributed by atoms with Crippen molar-refractivity contribution in [2.24, 2.45) is 0 Å². The third-order valence-corrected chi connectivity index (χ3v) is 3.79. The molecule has 0 saturated heterocycles. The van der Waals surface area contributed by atoms with E-state index >= 15 is 0 Å². The van der Waals surface area contributed by atoms with Crippen LogP contribution in [0.5, 0.6) is 0 Å². The molecule has 0 aliphatic heterocycles. The van der Waals surface area contributed by atoms with E-state index in [4.69, 9.17) is 17.3 Å². The summed E-state index contributed by atoms with van der Waals surface area (Å²) in [7, 11) is 0. The van der Waals surface area contributed by atoms with Crippen molar-refractivity contribution in [3.63, 3.8) is 0 Å². The first kappa shape index (κ1) is 13.1. The number of halogens is 2. The number of nitrogens with two attached hydrogens (primary N) is 1. The maximum atomic E-state index is 13.3. The van der Waals surface area contributed by atoms with Gasteiger partial charge in [0.1, 0.15) is 5.82 Å². The van der Waals surface area contributed by atoms with Crippen LogP contribution in [0.2, 0.25) is 5.02 Å². The van der Waals surface area contributed by atoms with Gasteiger partial charge < -0.3 is 5.73 Å². The number of anilines is 1. The molecule has 0 radical (unpaired) electrons. The Morgan fingerprint density at radius 1 is 1.33 bits per heavy atom. The second-order valence-corrected chi connectivity index (χ2v) is 5.07. The van der Waals surface area contributed by atoms with Crippen LogP contribution in [0.4, 0.5) is 10.2 Å². The second kappa shape index (κ2) is 5.54. The smallest absolute Gasteiger partial charge is 0.186 e. The van der Waals surface area contributed by atoms with E-state index in [1.54, 1.807) is 6.92 Å². The van der Waals surface area contributed by atoms with Gasteiger partial charge in [-0.3, -0.25) is 0 Å². The number of aryl methyl sites for hydroxylation is 1. The molecule has 0 amide bonds. The highest BCUT2D eigenvalue weighted by Crippen LogP contribution is 2.28. The fourth-order valence-electron chi connectivity index (χ4n) is 1.41. The number of benzene rings is 1. The van der Waals surface area contributed by atoms with Crippen molar-refractivity contribution in [3.05, 3.63) is 46.6 Å². The van der Waals surface area contributed by atoms with Crippen LogP contribution >= 0.6 is 23.4 Å². The molecule has 1 aromatic carbocycles. The summed E-state index contributed by atoms with van der Waals surface area (Å²) in [6, 6.07) is 7.49. The maximum absolute atomic E-state index is 13.3. The Morgan fingerprint density at radius 2 is 2.06 bits per heavy atom. The summed E-state index contributed by atoms with van der Waals surface area (Å²) in [5.74, 6) is 0.324. The second-order valence-electron chi connectivity index (χ2n) is 3.64. The lowest BCUT2D eigenvalue weighted by molar-refractivity contribution is 0.604. The predicted molar refractivity (Wildman–Crippen MR) is 72.2 cm³/mol. The summed E-state index contributed by atoms with van der Waals surface area (Å²) in [5, 5.41) is 0.675. The summed E-state index contributed by atoms with van der Waals surface area (Å²) in [6.45, 7) is 1.57. The quantitative estimate of drug-likeness (QED) is 0.877. The van der Waals surface area contributed by atoms with Gasteiger partial charge in [-0.2, -0.15) is 0 Å². The number of nitrogen functional groups attached to an aromatic ring is 1. The van der Waals surface area contributed by atoms with E-state index in [0.29, 0.717) is 16.6 Å². The number of thioether (sulfide) groups is 1. The summed E-state index contributed by atoms with van der Waals surface area (Å²) in [4.78, 5) is 8.89. The zero-order chi connectivity index (χ0) is 13.1. The molecule has 0 bridgehead atoms. The lowest BCUT2D eigenvalue weighted by Crippen LogP contribution is -2.04. The van der Waals surface area contributed by atoms with Gasteiger partial charge in [0.2, 0.25) is 0 Å². The van der Waals surface area contributed by atoms with Crippen molar-refractivity contribution in [2.45, 2.75) is 17.6 Å². The van der Waals surface area contributed by atoms with E-state index in [9.17, 15) is 4.39 Å². The molecule has 0 saturated carbocycles. The largest absolute Gasteiger partial charge is 0.381 e. The van der Waals surface area contributed by atoms with Gasteiger partial charge in [-0.25, -0.2) is 14.4 Å². The molecule has 6 heteroatoms.